The summed E-state index contributed by atoms with van der Waals surface area (Å²) in [4.78, 5) is 32.9. The van der Waals surface area contributed by atoms with Crippen LogP contribution in [0.5, 0.6) is 0 Å². The highest BCUT2D eigenvalue weighted by atomic mass is 16.2. The van der Waals surface area contributed by atoms with Crippen LogP contribution in [0.3, 0.4) is 0 Å². The van der Waals surface area contributed by atoms with Crippen LogP contribution >= 0.6 is 0 Å². The zero-order valence-electron chi connectivity index (χ0n) is 16.7. The third kappa shape index (κ3) is 5.15. The van der Waals surface area contributed by atoms with Crippen molar-refractivity contribution in [1.29, 1.82) is 0 Å². The molecule has 6 heteroatoms. The molecule has 2 atom stereocenters. The fraction of sp³-hybridized carbons (Fsp3) is 0.455. The summed E-state index contributed by atoms with van der Waals surface area (Å²) in [6.07, 6.45) is 9.20. The predicted molar refractivity (Wildman–Crippen MR) is 108 cm³/mol. The summed E-state index contributed by atoms with van der Waals surface area (Å²) < 4.78 is 0. The van der Waals surface area contributed by atoms with Gasteiger partial charge in [0.25, 0.3) is 11.8 Å². The Morgan fingerprint density at radius 2 is 1.46 bits per heavy atom. The van der Waals surface area contributed by atoms with Crippen LogP contribution in [0.15, 0.2) is 49.1 Å². The van der Waals surface area contributed by atoms with Crippen LogP contribution in [0.4, 0.5) is 0 Å². The molecule has 1 aliphatic carbocycles. The molecule has 1 fully saturated rings. The number of aromatic nitrogens is 2. The van der Waals surface area contributed by atoms with Crippen LogP contribution in [0.2, 0.25) is 0 Å². The Morgan fingerprint density at radius 3 is 2.04 bits per heavy atom. The highest BCUT2D eigenvalue weighted by Crippen LogP contribution is 2.45. The lowest BCUT2D eigenvalue weighted by Gasteiger charge is -2.47. The van der Waals surface area contributed by atoms with Crippen molar-refractivity contribution in [1.82, 2.24) is 20.6 Å². The van der Waals surface area contributed by atoms with E-state index in [-0.39, 0.29) is 28.7 Å². The number of rotatable bonds is 5. The van der Waals surface area contributed by atoms with E-state index in [1.54, 1.807) is 49.1 Å². The Morgan fingerprint density at radius 1 is 0.929 bits per heavy atom. The van der Waals surface area contributed by atoms with E-state index in [4.69, 9.17) is 0 Å². The number of amides is 2. The lowest BCUT2D eigenvalue weighted by atomic mass is 9.62. The minimum Gasteiger partial charge on any atom is -0.351 e. The molecule has 148 valence electrons. The number of carbonyl (C=O) groups is 2. The second-order valence-electron chi connectivity index (χ2n) is 8.88. The molecular formula is C22H28N4O2. The van der Waals surface area contributed by atoms with Gasteiger partial charge in [0.2, 0.25) is 0 Å². The van der Waals surface area contributed by atoms with E-state index in [1.807, 2.05) is 0 Å². The van der Waals surface area contributed by atoms with Crippen molar-refractivity contribution in [2.75, 3.05) is 6.54 Å². The smallest absolute Gasteiger partial charge is 0.251 e. The quantitative estimate of drug-likeness (QED) is 0.834. The molecule has 0 spiro atoms. The van der Waals surface area contributed by atoms with E-state index in [0.29, 0.717) is 17.7 Å². The predicted octanol–water partition coefficient (Wildman–Crippen LogP) is 3.22. The molecule has 2 N–H and O–H groups in total. The van der Waals surface area contributed by atoms with Crippen LogP contribution in [-0.4, -0.2) is 34.4 Å². The maximum absolute atomic E-state index is 12.6. The van der Waals surface area contributed by atoms with E-state index in [0.717, 1.165) is 19.3 Å². The average molecular weight is 380 g/mol. The zero-order valence-corrected chi connectivity index (χ0v) is 16.7. The SMILES string of the molecule is CC1(C)CC(NC(=O)c2ccncc2)CC(C)(CNC(=O)c2ccncc2)C1. The molecule has 0 saturated heterocycles. The van der Waals surface area contributed by atoms with E-state index >= 15 is 0 Å². The molecule has 1 aliphatic rings. The minimum atomic E-state index is -0.0966. The normalized spacial score (nSPS) is 23.6. The van der Waals surface area contributed by atoms with Crippen LogP contribution in [0.1, 0.15) is 60.7 Å². The number of hydrogen-bond donors (Lipinski definition) is 2. The standard InChI is InChI=1S/C22H28N4O2/c1-21(2)12-18(26-20(28)17-6-10-24-11-7-17)13-22(3,14-21)15-25-19(27)16-4-8-23-9-5-16/h4-11,18H,12-15H2,1-3H3,(H,25,27)(H,26,28). The van der Waals surface area contributed by atoms with Crippen LogP contribution in [-0.2, 0) is 0 Å². The summed E-state index contributed by atoms with van der Waals surface area (Å²) in [6, 6.07) is 6.92. The van der Waals surface area contributed by atoms with Crippen LogP contribution < -0.4 is 10.6 Å². The van der Waals surface area contributed by atoms with Crippen molar-refractivity contribution in [3.8, 4) is 0 Å². The first-order valence-corrected chi connectivity index (χ1v) is 9.66. The lowest BCUT2D eigenvalue weighted by Crippen LogP contribution is -2.50. The minimum absolute atomic E-state index is 0.0623. The van der Waals surface area contributed by atoms with Crippen LogP contribution in [0.25, 0.3) is 0 Å². The first-order valence-electron chi connectivity index (χ1n) is 9.66. The molecule has 2 unspecified atom stereocenters. The number of pyridine rings is 2. The number of nitrogens with zero attached hydrogens (tertiary/aromatic N) is 2. The van der Waals surface area contributed by atoms with Gasteiger partial charge in [0.05, 0.1) is 0 Å². The van der Waals surface area contributed by atoms with E-state index in [9.17, 15) is 9.59 Å². The van der Waals surface area contributed by atoms with Crippen molar-refractivity contribution >= 4 is 11.8 Å². The van der Waals surface area contributed by atoms with Gasteiger partial charge in [-0.1, -0.05) is 20.8 Å². The number of nitrogens with one attached hydrogen (secondary N) is 2. The largest absolute Gasteiger partial charge is 0.351 e. The zero-order chi connectivity index (χ0) is 20.2. The highest BCUT2D eigenvalue weighted by Gasteiger charge is 2.41. The Bertz CT molecular complexity index is 823. The monoisotopic (exact) mass is 380 g/mol. The van der Waals surface area contributed by atoms with Gasteiger partial charge in [0.1, 0.15) is 0 Å². The second-order valence-corrected chi connectivity index (χ2v) is 8.88. The van der Waals surface area contributed by atoms with Gasteiger partial charge in [0.15, 0.2) is 0 Å². The van der Waals surface area contributed by atoms with Gasteiger partial charge < -0.3 is 10.6 Å². The Hall–Kier alpha value is -2.76. The van der Waals surface area contributed by atoms with Crippen molar-refractivity contribution in [3.63, 3.8) is 0 Å². The summed E-state index contributed by atoms with van der Waals surface area (Å²) in [7, 11) is 0. The summed E-state index contributed by atoms with van der Waals surface area (Å²) in [5.41, 5.74) is 1.20. The summed E-state index contributed by atoms with van der Waals surface area (Å²) in [5.74, 6) is -0.169. The molecule has 2 amide bonds. The average Bonchev–Trinajstić information content (AvgIpc) is 2.66. The lowest BCUT2D eigenvalue weighted by molar-refractivity contribution is 0.0592. The molecule has 1 saturated carbocycles. The maximum atomic E-state index is 12.6. The fourth-order valence-electron chi connectivity index (χ4n) is 4.54. The molecule has 0 radical (unpaired) electrons. The molecule has 0 aliphatic heterocycles. The van der Waals surface area contributed by atoms with Crippen LogP contribution in [0, 0.1) is 10.8 Å². The second kappa shape index (κ2) is 8.09. The summed E-state index contributed by atoms with van der Waals surface area (Å²) >= 11 is 0. The molecule has 2 aromatic rings. The molecule has 6 nitrogen and oxygen atoms in total. The fourth-order valence-corrected chi connectivity index (χ4v) is 4.54. The molecular weight excluding hydrogens is 352 g/mol. The Kier molecular flexibility index (Phi) is 5.77. The molecule has 0 bridgehead atoms. The highest BCUT2D eigenvalue weighted by molar-refractivity contribution is 5.94. The third-order valence-electron chi connectivity index (χ3n) is 5.34. The topological polar surface area (TPSA) is 84.0 Å². The maximum Gasteiger partial charge on any atom is 0.251 e. The first-order chi connectivity index (χ1) is 13.3. The van der Waals surface area contributed by atoms with Gasteiger partial charge in [-0.15, -0.1) is 0 Å². The Balaban J connectivity index is 1.65. The van der Waals surface area contributed by atoms with Crippen molar-refractivity contribution in [2.45, 2.75) is 46.1 Å². The molecule has 28 heavy (non-hydrogen) atoms. The first kappa shape index (κ1) is 20.0. The Labute approximate surface area is 166 Å². The van der Waals surface area contributed by atoms with Gasteiger partial charge in [-0.3, -0.25) is 19.6 Å². The van der Waals surface area contributed by atoms with Crippen molar-refractivity contribution < 1.29 is 9.59 Å². The van der Waals surface area contributed by atoms with Gasteiger partial charge in [0, 0.05) is 48.5 Å². The van der Waals surface area contributed by atoms with E-state index < -0.39 is 0 Å². The van der Waals surface area contributed by atoms with Gasteiger partial charge in [-0.25, -0.2) is 0 Å². The van der Waals surface area contributed by atoms with Gasteiger partial charge in [-0.2, -0.15) is 0 Å². The molecule has 2 aromatic heterocycles. The third-order valence-corrected chi connectivity index (χ3v) is 5.34. The van der Waals surface area contributed by atoms with Gasteiger partial charge >= 0.3 is 0 Å². The van der Waals surface area contributed by atoms with E-state index in [1.165, 1.54) is 0 Å². The van der Waals surface area contributed by atoms with Crippen molar-refractivity contribution in [2.24, 2.45) is 10.8 Å². The number of hydrogen-bond acceptors (Lipinski definition) is 4. The molecule has 2 heterocycles. The van der Waals surface area contributed by atoms with E-state index in [2.05, 4.69) is 41.4 Å². The number of carbonyl (C=O) groups excluding carboxylic acids is 2. The summed E-state index contributed by atoms with van der Waals surface area (Å²) in [5, 5.41) is 6.24. The molecule has 0 aromatic carbocycles. The van der Waals surface area contributed by atoms with Gasteiger partial charge in [-0.05, 0) is 54.4 Å². The van der Waals surface area contributed by atoms with Crippen molar-refractivity contribution in [3.05, 3.63) is 60.2 Å². The summed E-state index contributed by atoms with van der Waals surface area (Å²) in [6.45, 7) is 7.20. The molecule has 3 rings (SSSR count).